The van der Waals surface area contributed by atoms with Crippen molar-refractivity contribution < 1.29 is 4.52 Å². The van der Waals surface area contributed by atoms with Crippen molar-refractivity contribution in [1.29, 1.82) is 0 Å². The van der Waals surface area contributed by atoms with Crippen LogP contribution in [0, 0.1) is 18.8 Å². The lowest BCUT2D eigenvalue weighted by atomic mass is 9.65. The monoisotopic (exact) mass is 330 g/mol. The second-order valence-corrected chi connectivity index (χ2v) is 7.23. The molecular formula is C17H26N6O. The third-order valence-corrected chi connectivity index (χ3v) is 5.68. The van der Waals surface area contributed by atoms with Gasteiger partial charge in [0, 0.05) is 38.4 Å². The van der Waals surface area contributed by atoms with Gasteiger partial charge in [-0.2, -0.15) is 4.98 Å². The molecule has 1 aromatic rings. The molecule has 4 aliphatic rings. The molecular weight excluding hydrogens is 304 g/mol. The summed E-state index contributed by atoms with van der Waals surface area (Å²) in [7, 11) is 0. The van der Waals surface area contributed by atoms with E-state index < -0.39 is 0 Å². The summed E-state index contributed by atoms with van der Waals surface area (Å²) >= 11 is 0. The van der Waals surface area contributed by atoms with Gasteiger partial charge in [0.15, 0.2) is 5.82 Å². The van der Waals surface area contributed by atoms with Crippen LogP contribution in [0.2, 0.25) is 0 Å². The summed E-state index contributed by atoms with van der Waals surface area (Å²) in [6.45, 7) is 6.28. The number of anilines is 1. The number of aliphatic imine (C=N–C) groups is 1. The lowest BCUT2D eigenvalue weighted by Gasteiger charge is -2.57. The number of allylic oxidation sites excluding steroid dienone is 1. The van der Waals surface area contributed by atoms with Crippen molar-refractivity contribution in [2.24, 2.45) is 22.6 Å². The molecule has 2 unspecified atom stereocenters. The Morgan fingerprint density at radius 3 is 2.62 bits per heavy atom. The number of aromatic nitrogens is 2. The van der Waals surface area contributed by atoms with E-state index in [4.69, 9.17) is 10.3 Å². The molecule has 0 spiro atoms. The van der Waals surface area contributed by atoms with Crippen molar-refractivity contribution in [3.63, 3.8) is 0 Å². The number of piperidine rings is 3. The summed E-state index contributed by atoms with van der Waals surface area (Å²) in [5.41, 5.74) is 5.34. The Labute approximate surface area is 142 Å². The second kappa shape index (κ2) is 6.55. The van der Waals surface area contributed by atoms with Gasteiger partial charge in [-0.15, -0.1) is 0 Å². The summed E-state index contributed by atoms with van der Waals surface area (Å²) < 4.78 is 5.34. The maximum absolute atomic E-state index is 5.34. The minimum Gasteiger partial charge on any atom is -0.405 e. The first-order valence-electron chi connectivity index (χ1n) is 8.94. The van der Waals surface area contributed by atoms with Crippen LogP contribution >= 0.6 is 0 Å². The quantitative estimate of drug-likeness (QED) is 0.836. The molecule has 4 fully saturated rings. The molecule has 130 valence electrons. The predicted molar refractivity (Wildman–Crippen MR) is 93.0 cm³/mol. The minimum atomic E-state index is 0.454. The molecule has 2 atom stereocenters. The summed E-state index contributed by atoms with van der Waals surface area (Å²) in [4.78, 5) is 13.9. The lowest BCUT2D eigenvalue weighted by Crippen LogP contribution is -2.65. The average molecular weight is 330 g/mol. The van der Waals surface area contributed by atoms with Crippen LogP contribution in [0.1, 0.15) is 25.1 Å². The SMILES string of the molecule is Cc1noc(N2CC3CC(C2)C3N2CCC(N=C/C=C\N)CC2)n1. The predicted octanol–water partition coefficient (Wildman–Crippen LogP) is 1.21. The maximum atomic E-state index is 5.34. The van der Waals surface area contributed by atoms with Crippen molar-refractivity contribution in [1.82, 2.24) is 15.0 Å². The van der Waals surface area contributed by atoms with Gasteiger partial charge in [-0.3, -0.25) is 9.89 Å². The van der Waals surface area contributed by atoms with E-state index in [1.54, 1.807) is 6.08 Å². The zero-order valence-electron chi connectivity index (χ0n) is 14.2. The Hall–Kier alpha value is -1.89. The molecule has 0 radical (unpaired) electrons. The molecule has 3 aliphatic heterocycles. The number of nitrogens with two attached hydrogens (primary N) is 1. The molecule has 2 N–H and O–H groups in total. The third-order valence-electron chi connectivity index (χ3n) is 5.68. The van der Waals surface area contributed by atoms with Gasteiger partial charge in [-0.05, 0) is 50.3 Å². The maximum Gasteiger partial charge on any atom is 0.324 e. The summed E-state index contributed by atoms with van der Waals surface area (Å²) in [5.74, 6) is 2.18. The van der Waals surface area contributed by atoms with Crippen molar-refractivity contribution in [3.05, 3.63) is 18.1 Å². The number of hydrogen-bond acceptors (Lipinski definition) is 7. The first kappa shape index (κ1) is 15.6. The van der Waals surface area contributed by atoms with Crippen LogP contribution in [0.25, 0.3) is 0 Å². The highest BCUT2D eigenvalue weighted by atomic mass is 16.5. The summed E-state index contributed by atoms with van der Waals surface area (Å²) in [5, 5.41) is 3.92. The average Bonchev–Trinajstić information content (AvgIpc) is 3.03. The fourth-order valence-electron chi connectivity index (χ4n) is 4.58. The molecule has 5 rings (SSSR count). The van der Waals surface area contributed by atoms with Crippen LogP contribution in [0.15, 0.2) is 21.8 Å². The zero-order valence-corrected chi connectivity index (χ0v) is 14.2. The summed E-state index contributed by atoms with van der Waals surface area (Å²) in [6.07, 6.45) is 8.81. The van der Waals surface area contributed by atoms with Gasteiger partial charge in [0.05, 0.1) is 6.04 Å². The highest BCUT2D eigenvalue weighted by Crippen LogP contribution is 2.45. The molecule has 2 bridgehead atoms. The van der Waals surface area contributed by atoms with Crippen LogP contribution in [-0.2, 0) is 0 Å². The molecule has 3 saturated heterocycles. The van der Waals surface area contributed by atoms with E-state index in [1.807, 2.05) is 13.1 Å². The van der Waals surface area contributed by atoms with E-state index in [9.17, 15) is 0 Å². The van der Waals surface area contributed by atoms with Crippen molar-refractivity contribution in [2.75, 3.05) is 31.1 Å². The normalized spacial score (nSPS) is 31.9. The van der Waals surface area contributed by atoms with Crippen molar-refractivity contribution in [3.8, 4) is 0 Å². The van der Waals surface area contributed by atoms with Crippen LogP contribution < -0.4 is 10.6 Å². The number of rotatable bonds is 4. The number of fused-ring (bicyclic) bond motifs is 2. The molecule has 0 amide bonds. The van der Waals surface area contributed by atoms with Gasteiger partial charge in [-0.25, -0.2) is 0 Å². The largest absolute Gasteiger partial charge is 0.405 e. The molecule has 1 saturated carbocycles. The molecule has 4 heterocycles. The topological polar surface area (TPSA) is 83.8 Å². The lowest BCUT2D eigenvalue weighted by molar-refractivity contribution is -0.0278. The Morgan fingerprint density at radius 2 is 2.00 bits per heavy atom. The molecule has 0 aromatic carbocycles. The van der Waals surface area contributed by atoms with Gasteiger partial charge in [-0.1, -0.05) is 5.16 Å². The smallest absolute Gasteiger partial charge is 0.324 e. The van der Waals surface area contributed by atoms with E-state index in [-0.39, 0.29) is 0 Å². The van der Waals surface area contributed by atoms with E-state index in [0.717, 1.165) is 56.9 Å². The van der Waals surface area contributed by atoms with Crippen LogP contribution in [0.5, 0.6) is 0 Å². The second-order valence-electron chi connectivity index (χ2n) is 7.23. The van der Waals surface area contributed by atoms with Crippen molar-refractivity contribution in [2.45, 2.75) is 38.3 Å². The minimum absolute atomic E-state index is 0.454. The standard InChI is InChI=1S/C17H26N6O/c1-12-20-17(24-21-12)23-10-13-9-14(11-23)16(13)22-7-3-15(4-8-22)19-6-2-5-18/h2,5-6,13-16H,3-4,7-11,18H2,1H3/b5-2-,19-6?. The third kappa shape index (κ3) is 2.92. The van der Waals surface area contributed by atoms with Gasteiger partial charge < -0.3 is 15.2 Å². The first-order chi connectivity index (χ1) is 11.7. The Bertz CT molecular complexity index is 606. The molecule has 7 nitrogen and oxygen atoms in total. The van der Waals surface area contributed by atoms with E-state index in [0.29, 0.717) is 17.9 Å². The fourth-order valence-corrected chi connectivity index (χ4v) is 4.58. The molecule has 1 aromatic heterocycles. The van der Waals surface area contributed by atoms with E-state index in [1.165, 1.54) is 12.6 Å². The van der Waals surface area contributed by atoms with Gasteiger partial charge in [0.1, 0.15) is 0 Å². The highest BCUT2D eigenvalue weighted by Gasteiger charge is 2.50. The molecule has 7 heteroatoms. The molecule has 1 aliphatic carbocycles. The van der Waals surface area contributed by atoms with Crippen LogP contribution in [0.3, 0.4) is 0 Å². The van der Waals surface area contributed by atoms with Crippen LogP contribution in [-0.4, -0.2) is 59.5 Å². The highest BCUT2D eigenvalue weighted by molar-refractivity contribution is 5.70. The van der Waals surface area contributed by atoms with E-state index in [2.05, 4.69) is 24.9 Å². The fraction of sp³-hybridized carbons (Fsp3) is 0.706. The van der Waals surface area contributed by atoms with Gasteiger partial charge in [0.25, 0.3) is 0 Å². The van der Waals surface area contributed by atoms with Gasteiger partial charge >= 0.3 is 6.01 Å². The van der Waals surface area contributed by atoms with E-state index >= 15 is 0 Å². The zero-order chi connectivity index (χ0) is 16.5. The Kier molecular flexibility index (Phi) is 4.26. The number of aryl methyl sites for hydroxylation is 1. The van der Waals surface area contributed by atoms with Crippen LogP contribution in [0.4, 0.5) is 6.01 Å². The number of hydrogen-bond donors (Lipinski definition) is 1. The Morgan fingerprint density at radius 1 is 1.25 bits per heavy atom. The van der Waals surface area contributed by atoms with Gasteiger partial charge in [0.2, 0.25) is 0 Å². The molecule has 24 heavy (non-hydrogen) atoms. The first-order valence-corrected chi connectivity index (χ1v) is 8.94. The number of nitrogens with zero attached hydrogens (tertiary/aromatic N) is 5. The summed E-state index contributed by atoms with van der Waals surface area (Å²) in [6, 6.07) is 1.89. The van der Waals surface area contributed by atoms with Crippen molar-refractivity contribution >= 4 is 12.2 Å². The number of likely N-dealkylation sites (tertiary alicyclic amines) is 1. The Balaban J connectivity index is 1.31.